The Balaban J connectivity index is 1.26. The molecular formula is C24H27F3N6S. The van der Waals surface area contributed by atoms with Crippen LogP contribution >= 0.6 is 11.9 Å². The van der Waals surface area contributed by atoms with Crippen molar-refractivity contribution in [1.82, 2.24) is 24.2 Å². The van der Waals surface area contributed by atoms with E-state index < -0.39 is 11.7 Å². The van der Waals surface area contributed by atoms with Crippen molar-refractivity contribution in [2.75, 3.05) is 51.2 Å². The van der Waals surface area contributed by atoms with Crippen molar-refractivity contribution < 1.29 is 13.2 Å². The number of hydrogen-bond acceptors (Lipinski definition) is 7. The Morgan fingerprint density at radius 2 is 1.71 bits per heavy atom. The van der Waals surface area contributed by atoms with Crippen LogP contribution in [-0.4, -0.2) is 70.5 Å². The Hall–Kier alpha value is -2.43. The number of anilines is 1. The summed E-state index contributed by atoms with van der Waals surface area (Å²) in [5, 5.41) is 0. The summed E-state index contributed by atoms with van der Waals surface area (Å²) in [7, 11) is 2.14. The number of hydrogen-bond donors (Lipinski definition) is 0. The van der Waals surface area contributed by atoms with Gasteiger partial charge in [0.15, 0.2) is 0 Å². The highest BCUT2D eigenvalue weighted by Gasteiger charge is 2.31. The molecular weight excluding hydrogens is 461 g/mol. The van der Waals surface area contributed by atoms with Crippen LogP contribution in [0.15, 0.2) is 47.8 Å². The molecule has 34 heavy (non-hydrogen) atoms. The van der Waals surface area contributed by atoms with E-state index in [0.29, 0.717) is 4.90 Å². The number of piperidine rings is 1. The maximum Gasteiger partial charge on any atom is 0.416 e. The van der Waals surface area contributed by atoms with Gasteiger partial charge in [0, 0.05) is 50.1 Å². The molecule has 1 aromatic carbocycles. The number of alkyl halides is 3. The number of piperazine rings is 1. The fourth-order valence-electron chi connectivity index (χ4n) is 4.59. The van der Waals surface area contributed by atoms with Crippen molar-refractivity contribution in [3.63, 3.8) is 0 Å². The average Bonchev–Trinajstić information content (AvgIpc) is 2.84. The molecule has 0 aliphatic carbocycles. The predicted molar refractivity (Wildman–Crippen MR) is 128 cm³/mol. The second-order valence-corrected chi connectivity index (χ2v) is 10.1. The van der Waals surface area contributed by atoms with E-state index in [1.807, 2.05) is 6.20 Å². The van der Waals surface area contributed by atoms with E-state index in [4.69, 9.17) is 4.98 Å². The van der Waals surface area contributed by atoms with Crippen molar-refractivity contribution in [2.45, 2.75) is 29.8 Å². The average molecular weight is 489 g/mol. The number of benzene rings is 1. The van der Waals surface area contributed by atoms with Gasteiger partial charge in [0.05, 0.1) is 28.7 Å². The van der Waals surface area contributed by atoms with Gasteiger partial charge >= 0.3 is 6.18 Å². The van der Waals surface area contributed by atoms with E-state index in [2.05, 4.69) is 37.2 Å². The minimum atomic E-state index is -4.32. The maximum absolute atomic E-state index is 13.0. The normalized spacial score (nSPS) is 19.1. The lowest BCUT2D eigenvalue weighted by atomic mass is 9.93. The molecule has 0 saturated carbocycles. The summed E-state index contributed by atoms with van der Waals surface area (Å²) < 4.78 is 41.2. The molecule has 3 aromatic rings. The number of fused-ring (bicyclic) bond motifs is 1. The number of pyridine rings is 1. The third kappa shape index (κ3) is 5.13. The molecule has 2 saturated heterocycles. The Kier molecular flexibility index (Phi) is 6.63. The van der Waals surface area contributed by atoms with E-state index in [9.17, 15) is 13.2 Å². The summed E-state index contributed by atoms with van der Waals surface area (Å²) in [6, 6.07) is 7.63. The van der Waals surface area contributed by atoms with Gasteiger partial charge in [0.1, 0.15) is 11.8 Å². The maximum atomic E-state index is 13.0. The Morgan fingerprint density at radius 1 is 0.941 bits per heavy atom. The number of aromatic nitrogens is 3. The van der Waals surface area contributed by atoms with Crippen molar-refractivity contribution in [1.29, 1.82) is 0 Å². The number of likely N-dealkylation sites (N-methyl/N-ethyl adjacent to an activating group) is 1. The summed E-state index contributed by atoms with van der Waals surface area (Å²) in [5.41, 5.74) is 3.17. The largest absolute Gasteiger partial charge is 0.416 e. The summed E-state index contributed by atoms with van der Waals surface area (Å²) in [4.78, 5) is 19.1. The highest BCUT2D eigenvalue weighted by Crippen LogP contribution is 2.37. The molecule has 10 heteroatoms. The summed E-state index contributed by atoms with van der Waals surface area (Å²) >= 11 is 1.39. The molecule has 6 nitrogen and oxygen atoms in total. The highest BCUT2D eigenvalue weighted by atomic mass is 32.2. The topological polar surface area (TPSA) is 48.4 Å². The number of nitrogens with zero attached hydrogens (tertiary/aromatic N) is 6. The van der Waals surface area contributed by atoms with Gasteiger partial charge < -0.3 is 9.80 Å². The summed E-state index contributed by atoms with van der Waals surface area (Å²) in [6.45, 7) is 5.56. The van der Waals surface area contributed by atoms with Gasteiger partial charge in [-0.15, -0.1) is 0 Å². The number of halogens is 3. The lowest BCUT2D eigenvalue weighted by Crippen LogP contribution is -2.44. The molecule has 180 valence electrons. The monoisotopic (exact) mass is 488 g/mol. The molecule has 0 bridgehead atoms. The van der Waals surface area contributed by atoms with Gasteiger partial charge in [-0.1, -0.05) is 6.07 Å². The van der Waals surface area contributed by atoms with Crippen molar-refractivity contribution >= 4 is 28.7 Å². The molecule has 2 aliphatic heterocycles. The second-order valence-electron chi connectivity index (χ2n) is 8.93. The minimum Gasteiger partial charge on any atom is -0.368 e. The van der Waals surface area contributed by atoms with Gasteiger partial charge in [-0.25, -0.2) is 14.3 Å². The van der Waals surface area contributed by atoms with Crippen LogP contribution < -0.4 is 4.90 Å². The van der Waals surface area contributed by atoms with Gasteiger partial charge in [-0.05, 0) is 56.1 Å². The van der Waals surface area contributed by atoms with Crippen LogP contribution in [0.4, 0.5) is 18.9 Å². The lowest BCUT2D eigenvalue weighted by molar-refractivity contribution is -0.137. The first kappa shape index (κ1) is 23.3. The van der Waals surface area contributed by atoms with E-state index in [0.717, 1.165) is 80.6 Å². The quantitative estimate of drug-likeness (QED) is 0.494. The van der Waals surface area contributed by atoms with Crippen molar-refractivity contribution in [3.05, 3.63) is 54.1 Å². The second kappa shape index (κ2) is 9.67. The first-order chi connectivity index (χ1) is 16.4. The SMILES string of the molecule is CN1CCN(c2cnc3c(C4CCN(Sc5cccc(C(F)(F)F)c5)CC4)ncnc3c2)CC1. The molecule has 0 atom stereocenters. The Bertz CT molecular complexity index is 1140. The molecule has 0 N–H and O–H groups in total. The first-order valence-corrected chi connectivity index (χ1v) is 12.3. The van der Waals surface area contributed by atoms with E-state index in [1.54, 1.807) is 12.4 Å². The molecule has 2 fully saturated rings. The van der Waals surface area contributed by atoms with Crippen LogP contribution in [0.2, 0.25) is 0 Å². The molecule has 0 spiro atoms. The van der Waals surface area contributed by atoms with Crippen LogP contribution in [0.25, 0.3) is 11.0 Å². The van der Waals surface area contributed by atoms with Crippen LogP contribution in [0.5, 0.6) is 0 Å². The third-order valence-corrected chi connectivity index (χ3v) is 7.68. The van der Waals surface area contributed by atoms with Crippen molar-refractivity contribution in [3.8, 4) is 0 Å². The smallest absolute Gasteiger partial charge is 0.368 e. The molecule has 5 rings (SSSR count). The van der Waals surface area contributed by atoms with E-state index >= 15 is 0 Å². The Morgan fingerprint density at radius 3 is 2.44 bits per heavy atom. The molecule has 2 aliphatic rings. The number of rotatable bonds is 4. The van der Waals surface area contributed by atoms with Crippen LogP contribution in [0, 0.1) is 0 Å². The first-order valence-electron chi connectivity index (χ1n) is 11.5. The fourth-order valence-corrected chi connectivity index (χ4v) is 5.60. The van der Waals surface area contributed by atoms with Crippen LogP contribution in [0.1, 0.15) is 30.0 Å². The van der Waals surface area contributed by atoms with E-state index in [1.165, 1.54) is 24.1 Å². The molecule has 0 unspecified atom stereocenters. The highest BCUT2D eigenvalue weighted by molar-refractivity contribution is 7.97. The zero-order chi connectivity index (χ0) is 23.7. The van der Waals surface area contributed by atoms with E-state index in [-0.39, 0.29) is 5.92 Å². The lowest BCUT2D eigenvalue weighted by Gasteiger charge is -2.34. The standard InChI is InChI=1S/C24H27F3N6S/c1-31-9-11-32(12-10-31)19-14-21-23(28-15-19)22(30-16-29-21)17-5-7-33(8-6-17)34-20-4-2-3-18(13-20)24(25,26)27/h2-4,13-17H,5-12H2,1H3. The third-order valence-electron chi connectivity index (χ3n) is 6.59. The fraction of sp³-hybridized carbons (Fsp3) is 0.458. The van der Waals surface area contributed by atoms with Crippen LogP contribution in [0.3, 0.4) is 0 Å². The summed E-state index contributed by atoms with van der Waals surface area (Å²) in [6.07, 6.45) is 0.977. The zero-order valence-electron chi connectivity index (χ0n) is 19.0. The predicted octanol–water partition coefficient (Wildman–Crippen LogP) is 4.68. The molecule has 0 radical (unpaired) electrons. The van der Waals surface area contributed by atoms with Crippen molar-refractivity contribution in [2.24, 2.45) is 0 Å². The molecule has 4 heterocycles. The van der Waals surface area contributed by atoms with Crippen LogP contribution in [-0.2, 0) is 6.18 Å². The van der Waals surface area contributed by atoms with Gasteiger partial charge in [-0.3, -0.25) is 4.98 Å². The molecule has 2 aromatic heterocycles. The summed E-state index contributed by atoms with van der Waals surface area (Å²) in [5.74, 6) is 0.255. The minimum absolute atomic E-state index is 0.255. The van der Waals surface area contributed by atoms with Gasteiger partial charge in [0.25, 0.3) is 0 Å². The Labute approximate surface area is 201 Å². The van der Waals surface area contributed by atoms with Gasteiger partial charge in [0.2, 0.25) is 0 Å². The molecule has 0 amide bonds. The zero-order valence-corrected chi connectivity index (χ0v) is 19.8. The van der Waals surface area contributed by atoms with Gasteiger partial charge in [-0.2, -0.15) is 13.2 Å².